The van der Waals surface area contributed by atoms with Crippen LogP contribution in [0, 0.1) is 72.2 Å². The number of rotatable bonds is 22. The summed E-state index contributed by atoms with van der Waals surface area (Å²) in [6.07, 6.45) is 13.4. The number of aliphatic hydroxyl groups excluding tert-OH is 3. The molecule has 21 heteroatoms. The number of fused-ring (bicyclic) bond motifs is 6. The lowest BCUT2D eigenvalue weighted by atomic mass is 9.98. The van der Waals surface area contributed by atoms with Crippen LogP contribution in [0.3, 0.4) is 0 Å². The zero-order chi connectivity index (χ0) is 97.9. The van der Waals surface area contributed by atoms with Gasteiger partial charge in [0, 0.05) is 90.2 Å². The van der Waals surface area contributed by atoms with Gasteiger partial charge in [-0.3, -0.25) is 0 Å². The monoisotopic (exact) mass is 1880 g/mol. The second-order valence-electron chi connectivity index (χ2n) is 31.8. The van der Waals surface area contributed by atoms with E-state index in [1.807, 2.05) is 271 Å². The van der Waals surface area contributed by atoms with Gasteiger partial charge in [0.05, 0.1) is 108 Å². The minimum absolute atomic E-state index is 0.129. The second-order valence-corrected chi connectivity index (χ2v) is 35.1. The van der Waals surface area contributed by atoms with E-state index in [-0.39, 0.29) is 19.8 Å². The summed E-state index contributed by atoms with van der Waals surface area (Å²) in [5, 5.41) is 45.1. The zero-order valence-electron chi connectivity index (χ0n) is 78.6. The maximum Gasteiger partial charge on any atom is 0.198 e. The molecule has 0 radical (unpaired) electrons. The Morgan fingerprint density at radius 2 is 0.862 bits per heavy atom. The van der Waals surface area contributed by atoms with E-state index in [2.05, 4.69) is 103 Å². The summed E-state index contributed by atoms with van der Waals surface area (Å²) in [5.74, 6) is 5.45. The first-order valence-electron chi connectivity index (χ1n) is 43.8. The molecule has 6 aromatic heterocycles. The Morgan fingerprint density at radius 1 is 0.399 bits per heavy atom. The molecule has 18 nitrogen and oxygen atoms in total. The van der Waals surface area contributed by atoms with Crippen molar-refractivity contribution in [3.05, 3.63) is 428 Å². The summed E-state index contributed by atoms with van der Waals surface area (Å²) < 4.78 is 47.1. The number of thiophene rings is 3. The van der Waals surface area contributed by atoms with Crippen LogP contribution in [0.25, 0.3) is 153 Å². The smallest absolute Gasteiger partial charge is 0.198 e. The number of aryl methyl sites for hydroxylation is 3. The molecule has 0 bridgehead atoms. The first-order chi connectivity index (χ1) is 67.1. The molecule has 5 N–H and O–H groups in total. The van der Waals surface area contributed by atoms with Crippen LogP contribution < -0.4 is 33.2 Å². The summed E-state index contributed by atoms with van der Waals surface area (Å²) in [4.78, 5) is 24.6. The van der Waals surface area contributed by atoms with Gasteiger partial charge in [0.2, 0.25) is 0 Å². The highest BCUT2D eigenvalue weighted by atomic mass is 32.1. The Hall–Kier alpha value is -16.5. The highest BCUT2D eigenvalue weighted by molar-refractivity contribution is 7.20. The molecule has 18 aromatic rings. The van der Waals surface area contributed by atoms with E-state index in [0.717, 1.165) is 121 Å². The molecular weight excluding hydrogens is 1780 g/mol. The van der Waals surface area contributed by atoms with E-state index < -0.39 is 0 Å². The molecule has 688 valence electrons. The van der Waals surface area contributed by atoms with Crippen LogP contribution in [0.1, 0.15) is 116 Å². The van der Waals surface area contributed by atoms with E-state index in [1.165, 1.54) is 40.7 Å². The fourth-order valence-electron chi connectivity index (χ4n) is 15.6. The average Bonchev–Trinajstić information content (AvgIpc) is 1.79. The number of allylic oxidation sites excluding steroid dienone is 2. The highest BCUT2D eigenvalue weighted by Gasteiger charge is 2.19. The lowest BCUT2D eigenvalue weighted by molar-refractivity contribution is 0.254. The molecule has 0 spiro atoms. The van der Waals surface area contributed by atoms with Crippen LogP contribution in [0.15, 0.2) is 278 Å². The van der Waals surface area contributed by atoms with E-state index >= 15 is 0 Å². The summed E-state index contributed by atoms with van der Waals surface area (Å²) in [7, 11) is 11.2. The van der Waals surface area contributed by atoms with Gasteiger partial charge in [-0.05, 0) is 283 Å². The van der Waals surface area contributed by atoms with E-state index in [9.17, 15) is 20.6 Å². The van der Waals surface area contributed by atoms with Crippen molar-refractivity contribution >= 4 is 167 Å². The van der Waals surface area contributed by atoms with Crippen LogP contribution in [0.5, 0.6) is 40.2 Å². The quantitative estimate of drug-likeness (QED) is 0.0317. The predicted molar refractivity (Wildman–Crippen MR) is 569 cm³/mol. The Bertz CT molecular complexity index is 7490. The van der Waals surface area contributed by atoms with Crippen molar-refractivity contribution in [3.8, 4) is 46.3 Å². The minimum Gasteiger partial charge on any atom is -0.497 e. The molecule has 0 aliphatic carbocycles. The average molecular weight is 1880 g/mol. The van der Waals surface area contributed by atoms with Gasteiger partial charge in [-0.15, -0.1) is 34.0 Å². The molecular formula is C117H101N7O11S3. The van der Waals surface area contributed by atoms with Crippen molar-refractivity contribution in [1.82, 2.24) is 9.97 Å². The number of nitriles is 1. The topological polar surface area (TPSA) is 211 Å². The Balaban J connectivity index is 0.000000140. The molecule has 0 amide bonds. The van der Waals surface area contributed by atoms with Gasteiger partial charge in [0.1, 0.15) is 51.6 Å². The maximum atomic E-state index is 9.61. The van der Waals surface area contributed by atoms with Crippen LogP contribution in [-0.2, 0) is 19.8 Å². The number of para-hydroxylation sites is 3. The summed E-state index contributed by atoms with van der Waals surface area (Å²) in [6.45, 7) is 41.4. The number of aromatic nitrogens is 2. The third-order valence-corrected chi connectivity index (χ3v) is 25.9. The van der Waals surface area contributed by atoms with Crippen LogP contribution in [0.4, 0.5) is 0 Å². The van der Waals surface area contributed by atoms with Gasteiger partial charge in [-0.25, -0.2) is 19.4 Å². The number of aliphatic hydroxyl groups is 3. The molecule has 18 rings (SSSR count). The van der Waals surface area contributed by atoms with Crippen molar-refractivity contribution in [2.24, 2.45) is 0 Å². The fourth-order valence-corrected chi connectivity index (χ4v) is 18.7. The first kappa shape index (κ1) is 99.0. The van der Waals surface area contributed by atoms with Crippen molar-refractivity contribution in [2.45, 2.75) is 61.4 Å². The number of benzene rings is 12. The molecule has 0 atom stereocenters. The normalized spacial score (nSPS) is 11.5. The Kier molecular flexibility index (Phi) is 34.0. The second kappa shape index (κ2) is 47.4. The molecule has 12 aromatic carbocycles. The van der Waals surface area contributed by atoms with Crippen LogP contribution in [-0.4, -0.2) is 75.1 Å². The molecule has 0 unspecified atom stereocenters. The number of hydrogen-bond donors (Lipinski definition) is 5. The third kappa shape index (κ3) is 24.4. The van der Waals surface area contributed by atoms with Gasteiger partial charge < -0.3 is 62.9 Å². The molecule has 138 heavy (non-hydrogen) atoms. The first-order valence-corrected chi connectivity index (χ1v) is 46.2. The number of H-pyrrole nitrogens is 2. The number of nitrogens with one attached hydrogen (secondary N) is 2. The van der Waals surface area contributed by atoms with Crippen molar-refractivity contribution in [2.75, 3.05) is 49.8 Å². The van der Waals surface area contributed by atoms with Crippen molar-refractivity contribution in [3.63, 3.8) is 0 Å². The van der Waals surface area contributed by atoms with Gasteiger partial charge in [0.15, 0.2) is 22.8 Å². The summed E-state index contributed by atoms with van der Waals surface area (Å²) >= 11 is 5.17. The SMILES string of the molecule is COc1c(C)cc(/C(C#N)=C/c2c[nH]c3ccccc23)cc1CO.COc1cc(/C(C)=C\c2cc3ccccc3s2)cc(CO)c1CO.[C-]#[N+]/C(=C\c1cc2ccccc2[nH]1)c1cc(OC)c(C)c(OC)c1.[C-]#[N+]/C(=C\c1cc2ccccc2o1)c1cc(OC)c(C)c(OC)c1.[C-]#[N+]/C(=C\c1cc2ccccc2s1)c1cc(C)cc(OC)c1.[C-]#[N+]/C(=C\c1cc2ccccc2s1)c1ccc(C)cc1. The molecule has 6 heterocycles. The summed E-state index contributed by atoms with van der Waals surface area (Å²) in [5.41, 5.74) is 20.8. The van der Waals surface area contributed by atoms with Gasteiger partial charge in [-0.1, -0.05) is 145 Å². The van der Waals surface area contributed by atoms with Gasteiger partial charge in [-0.2, -0.15) is 5.26 Å². The maximum absolute atomic E-state index is 9.61. The number of nitrogens with zero attached hydrogens (tertiary/aromatic N) is 5. The van der Waals surface area contributed by atoms with E-state index in [0.29, 0.717) is 85.3 Å². The third-order valence-electron chi connectivity index (χ3n) is 22.7. The molecule has 0 fully saturated rings. The minimum atomic E-state index is -0.154. The summed E-state index contributed by atoms with van der Waals surface area (Å²) in [6, 6.07) is 90.2. The van der Waals surface area contributed by atoms with Gasteiger partial charge in [0.25, 0.3) is 0 Å². The number of ether oxygens (including phenoxy) is 7. The van der Waals surface area contributed by atoms with Crippen molar-refractivity contribution < 1.29 is 52.9 Å². The molecule has 0 aliphatic heterocycles. The Morgan fingerprint density at radius 3 is 1.36 bits per heavy atom. The Labute approximate surface area is 815 Å². The van der Waals surface area contributed by atoms with Crippen LogP contribution >= 0.6 is 34.0 Å². The van der Waals surface area contributed by atoms with Crippen molar-refractivity contribution in [1.29, 1.82) is 5.26 Å². The standard InChI is InChI=1S/2C20H18N2O2.C20H17NO3.C20H20O3S.C19H15NOS.C18H13NS/c1-13-19(23-3)10-15(11-20(13)24-4)18(21-2)12-16-9-14-7-5-6-8-17(14)22-16;1-13-7-14(8-17(12-23)20(13)24-2)15(10-21)9-16-11-22-19-6-4-3-5-18(16)19;1-13-19(22-3)10-15(11-20(13)23-4)17(21-2)12-16-9-14-7-5-6-8-18(14)24-16;1-13(7-17-9-14-5-3-4-6-20(14)24-17)15-8-16(11-21)18(12-22)19(10-15)23-2;1-13-8-15(10-16(9-13)21-3)18(20-2)12-17-11-14-6-4-5-7-19(14)22-17;1-13-7-9-14(10-8-13)17(19-2)12-16-11-15-5-3-4-6-18(15)20-16/h5-12,22H,1,3-4H3;3-9,11,22-23H,12H2,1-2H3;5-12H,1,3-4H3;3-10,21-22H,11-12H2,1-2H3;4-12H,1,3H3;3-12H,1H3/b18-12-;15-9+;17-12-;13-7-;18-12-;17-12-. The number of hydrogen-bond acceptors (Lipinski definition) is 15. The lowest BCUT2D eigenvalue weighted by Crippen LogP contribution is -2.00. The van der Waals surface area contributed by atoms with E-state index in [4.69, 9.17) is 63.9 Å². The predicted octanol–water partition coefficient (Wildman–Crippen LogP) is 29.8. The number of furan rings is 1. The number of aromatic amines is 2. The fraction of sp³-hybridized carbons (Fsp3) is 0.137. The van der Waals surface area contributed by atoms with E-state index in [1.54, 1.807) is 95.9 Å². The zero-order valence-corrected chi connectivity index (χ0v) is 81.1. The van der Waals surface area contributed by atoms with Crippen LogP contribution in [0.2, 0.25) is 0 Å². The highest BCUT2D eigenvalue weighted by Crippen LogP contribution is 2.41. The molecule has 0 saturated heterocycles. The largest absolute Gasteiger partial charge is 0.497 e. The number of methoxy groups -OCH3 is 7. The molecule has 0 aliphatic rings. The lowest BCUT2D eigenvalue weighted by Gasteiger charge is -2.14. The molecule has 0 saturated carbocycles. The van der Waals surface area contributed by atoms with Gasteiger partial charge >= 0.3 is 0 Å².